The van der Waals surface area contributed by atoms with Gasteiger partial charge in [-0.1, -0.05) is 44.9 Å². The van der Waals surface area contributed by atoms with E-state index in [-0.39, 0.29) is 24.0 Å². The minimum Gasteiger partial charge on any atom is -0.488 e. The summed E-state index contributed by atoms with van der Waals surface area (Å²) in [4.78, 5) is 41.4. The molecule has 260 valence electrons. The molecule has 0 bridgehead atoms. The maximum Gasteiger partial charge on any atom is 0.407 e. The van der Waals surface area contributed by atoms with Crippen LogP contribution in [0.1, 0.15) is 75.7 Å². The number of carbonyl (C=O) groups excluding carboxylic acids is 2. The third kappa shape index (κ3) is 5.83. The predicted octanol–water partition coefficient (Wildman–Crippen LogP) is 7.46. The van der Waals surface area contributed by atoms with Crippen LogP contribution in [0, 0.1) is 5.92 Å². The molecule has 1 saturated heterocycles. The molecule has 50 heavy (non-hydrogen) atoms. The molecule has 10 nitrogen and oxygen atoms in total. The maximum absolute atomic E-state index is 14.0. The Bertz CT molecular complexity index is 1990. The molecule has 0 spiro atoms. The van der Waals surface area contributed by atoms with Gasteiger partial charge in [0.05, 0.1) is 36.8 Å². The first kappa shape index (κ1) is 32.5. The van der Waals surface area contributed by atoms with Crippen LogP contribution in [0.25, 0.3) is 33.2 Å². The van der Waals surface area contributed by atoms with E-state index in [1.54, 1.807) is 0 Å². The van der Waals surface area contributed by atoms with Gasteiger partial charge in [0.1, 0.15) is 24.2 Å². The van der Waals surface area contributed by atoms with Crippen molar-refractivity contribution < 1.29 is 23.8 Å². The number of hydrogen-bond donors (Lipinski definition) is 2. The standard InChI is InChI=1S/C40H45N5O5/c1-5-49-27-16-35(45(20-27)39(46)37(22(2)3)44-40(47)48-4)33-17-30-29-18-36-31(15-24(29)11-13-32(30)42-33)28-12-10-25(14-26(28)21-50-36)34-19-41-38(43-34)23-8-6-7-9-23/h10-15,18-19,22-23,27,35,37H,5-9,16-17,20-21H2,1-4H3,(H,41,43)(H,44,47)/t27-,35-,37-/m0/s1. The van der Waals surface area contributed by atoms with Crippen molar-refractivity contribution in [2.24, 2.45) is 10.9 Å². The van der Waals surface area contributed by atoms with E-state index in [4.69, 9.17) is 24.2 Å². The first-order valence-corrected chi connectivity index (χ1v) is 18.1. The summed E-state index contributed by atoms with van der Waals surface area (Å²) < 4.78 is 17.3. The Morgan fingerprint density at radius 3 is 2.72 bits per heavy atom. The maximum atomic E-state index is 14.0. The minimum atomic E-state index is -0.716. The smallest absolute Gasteiger partial charge is 0.407 e. The van der Waals surface area contributed by atoms with E-state index < -0.39 is 12.1 Å². The molecule has 10 heteroatoms. The van der Waals surface area contributed by atoms with Crippen LogP contribution in [0.3, 0.4) is 0 Å². The summed E-state index contributed by atoms with van der Waals surface area (Å²) in [5.74, 6) is 2.26. The fourth-order valence-electron chi connectivity index (χ4n) is 8.37. The van der Waals surface area contributed by atoms with Gasteiger partial charge in [-0.25, -0.2) is 9.78 Å². The van der Waals surface area contributed by atoms with E-state index in [1.807, 2.05) is 31.9 Å². The van der Waals surface area contributed by atoms with Gasteiger partial charge >= 0.3 is 6.09 Å². The zero-order valence-corrected chi connectivity index (χ0v) is 29.3. The number of aliphatic imine (C=N–C) groups is 1. The number of rotatable bonds is 8. The van der Waals surface area contributed by atoms with Crippen LogP contribution >= 0.6 is 0 Å². The monoisotopic (exact) mass is 675 g/mol. The van der Waals surface area contributed by atoms with Crippen LogP contribution in [-0.2, 0) is 27.3 Å². The average molecular weight is 676 g/mol. The molecule has 4 aliphatic rings. The molecule has 4 heterocycles. The van der Waals surface area contributed by atoms with E-state index >= 15 is 0 Å². The number of nitrogens with one attached hydrogen (secondary N) is 2. The highest BCUT2D eigenvalue weighted by atomic mass is 16.5. The van der Waals surface area contributed by atoms with Crippen molar-refractivity contribution in [3.8, 4) is 28.1 Å². The lowest BCUT2D eigenvalue weighted by molar-refractivity contribution is -0.134. The number of benzene rings is 3. The van der Waals surface area contributed by atoms with Crippen molar-refractivity contribution in [3.05, 3.63) is 65.6 Å². The van der Waals surface area contributed by atoms with Gasteiger partial charge in [0.15, 0.2) is 0 Å². The van der Waals surface area contributed by atoms with Gasteiger partial charge in [0, 0.05) is 43.2 Å². The first-order chi connectivity index (χ1) is 24.3. The Hall–Kier alpha value is -4.70. The van der Waals surface area contributed by atoms with Gasteiger partial charge in [-0.05, 0) is 83.0 Å². The molecular weight excluding hydrogens is 630 g/mol. The van der Waals surface area contributed by atoms with Gasteiger partial charge in [0.25, 0.3) is 0 Å². The Labute approximate surface area is 292 Å². The number of H-pyrrole nitrogens is 1. The lowest BCUT2D eigenvalue weighted by atomic mass is 9.90. The molecule has 4 aromatic rings. The summed E-state index contributed by atoms with van der Waals surface area (Å²) in [6.45, 7) is 7.32. The second kappa shape index (κ2) is 13.2. The molecule has 2 N–H and O–H groups in total. The summed E-state index contributed by atoms with van der Waals surface area (Å²) in [6.07, 6.45) is 7.53. The van der Waals surface area contributed by atoms with Gasteiger partial charge in [-0.3, -0.25) is 9.79 Å². The molecule has 3 atom stereocenters. The van der Waals surface area contributed by atoms with Gasteiger partial charge in [-0.2, -0.15) is 0 Å². The number of nitrogens with zero attached hydrogens (tertiary/aromatic N) is 3. The lowest BCUT2D eigenvalue weighted by Crippen LogP contribution is -2.54. The van der Waals surface area contributed by atoms with E-state index in [2.05, 4.69) is 52.8 Å². The van der Waals surface area contributed by atoms with Crippen molar-refractivity contribution in [1.29, 1.82) is 0 Å². The molecule has 1 saturated carbocycles. The largest absolute Gasteiger partial charge is 0.488 e. The normalized spacial score (nSPS) is 20.3. The third-order valence-corrected chi connectivity index (χ3v) is 11.0. The van der Waals surface area contributed by atoms with Crippen molar-refractivity contribution in [2.75, 3.05) is 20.3 Å². The fraction of sp³-hybridized carbons (Fsp3) is 0.450. The second-order valence-electron chi connectivity index (χ2n) is 14.4. The summed E-state index contributed by atoms with van der Waals surface area (Å²) >= 11 is 0. The molecule has 1 aromatic heterocycles. The highest BCUT2D eigenvalue weighted by molar-refractivity contribution is 6.06. The number of alkyl carbamates (subject to hydrolysis) is 1. The van der Waals surface area contributed by atoms with Gasteiger partial charge in [-0.15, -0.1) is 0 Å². The molecule has 3 aliphatic heterocycles. The first-order valence-electron chi connectivity index (χ1n) is 18.1. The number of aromatic nitrogens is 2. The van der Waals surface area contributed by atoms with Crippen LogP contribution in [0.15, 0.2) is 53.7 Å². The zero-order valence-electron chi connectivity index (χ0n) is 29.3. The zero-order chi connectivity index (χ0) is 34.5. The van der Waals surface area contributed by atoms with Crippen molar-refractivity contribution in [3.63, 3.8) is 0 Å². The molecule has 0 radical (unpaired) electrons. The van der Waals surface area contributed by atoms with Crippen LogP contribution in [-0.4, -0.2) is 71.0 Å². The van der Waals surface area contributed by atoms with Crippen LogP contribution < -0.4 is 10.1 Å². The van der Waals surface area contributed by atoms with Crippen LogP contribution in [0.2, 0.25) is 0 Å². The number of carbonyl (C=O) groups is 2. The number of aromatic amines is 1. The van der Waals surface area contributed by atoms with E-state index in [1.165, 1.54) is 38.4 Å². The molecule has 0 unspecified atom stereocenters. The quantitative estimate of drug-likeness (QED) is 0.200. The lowest BCUT2D eigenvalue weighted by Gasteiger charge is -2.30. The van der Waals surface area contributed by atoms with E-state index in [9.17, 15) is 9.59 Å². The molecule has 3 aromatic carbocycles. The fourth-order valence-corrected chi connectivity index (χ4v) is 8.37. The number of hydrogen-bond acceptors (Lipinski definition) is 7. The number of amides is 2. The molecule has 2 amide bonds. The predicted molar refractivity (Wildman–Crippen MR) is 193 cm³/mol. The minimum absolute atomic E-state index is 0.105. The Balaban J connectivity index is 1.06. The average Bonchev–Trinajstić information content (AvgIpc) is 3.95. The Kier molecular flexibility index (Phi) is 8.59. The van der Waals surface area contributed by atoms with Gasteiger partial charge < -0.3 is 29.4 Å². The number of imidazole rings is 1. The van der Waals surface area contributed by atoms with Crippen molar-refractivity contribution in [2.45, 2.75) is 90.0 Å². The van der Waals surface area contributed by atoms with E-state index in [0.29, 0.717) is 38.5 Å². The van der Waals surface area contributed by atoms with Gasteiger partial charge in [0.2, 0.25) is 5.91 Å². The number of likely N-dealkylation sites (tertiary alicyclic amines) is 1. The summed E-state index contributed by atoms with van der Waals surface area (Å²) in [5.41, 5.74) is 8.62. The Morgan fingerprint density at radius 1 is 1.10 bits per heavy atom. The summed E-state index contributed by atoms with van der Waals surface area (Å²) in [7, 11) is 1.31. The second-order valence-corrected chi connectivity index (χ2v) is 14.4. The Morgan fingerprint density at radius 2 is 1.94 bits per heavy atom. The topological polar surface area (TPSA) is 118 Å². The SMILES string of the molecule is CCO[C@H]1C[C@@H](C2=Nc3ccc4cc5c(cc4c3C2)OCc2cc(-c3cnc(C4CCCC4)[nH]3)ccc2-5)N(C(=O)[C@@H](NC(=O)OC)C(C)C)C1. The summed E-state index contributed by atoms with van der Waals surface area (Å²) in [6, 6.07) is 14.3. The molecule has 8 rings (SSSR count). The molecular formula is C40H45N5O5. The van der Waals surface area contributed by atoms with Crippen LogP contribution in [0.5, 0.6) is 5.75 Å². The number of ether oxygens (including phenoxy) is 3. The number of fused-ring (bicyclic) bond motifs is 6. The third-order valence-electron chi connectivity index (χ3n) is 11.0. The number of methoxy groups -OCH3 is 1. The molecule has 2 fully saturated rings. The highest BCUT2D eigenvalue weighted by Gasteiger charge is 2.43. The van der Waals surface area contributed by atoms with Crippen LogP contribution in [0.4, 0.5) is 10.5 Å². The summed E-state index contributed by atoms with van der Waals surface area (Å²) in [5, 5.41) is 4.99. The molecule has 1 aliphatic carbocycles. The van der Waals surface area contributed by atoms with E-state index in [0.717, 1.165) is 61.7 Å². The van der Waals surface area contributed by atoms with Crippen molar-refractivity contribution in [1.82, 2.24) is 20.2 Å². The highest BCUT2D eigenvalue weighted by Crippen LogP contribution is 2.45. The van der Waals surface area contributed by atoms with Crippen molar-refractivity contribution >= 4 is 34.2 Å².